The number of methoxy groups -OCH3 is 3. The highest BCUT2D eigenvalue weighted by molar-refractivity contribution is 6.07. The van der Waals surface area contributed by atoms with Gasteiger partial charge in [0.05, 0.1) is 31.8 Å². The number of nitro groups is 1. The van der Waals surface area contributed by atoms with Gasteiger partial charge in [-0.15, -0.1) is 0 Å². The van der Waals surface area contributed by atoms with Crippen LogP contribution in [-0.4, -0.2) is 32.2 Å². The van der Waals surface area contributed by atoms with E-state index in [0.717, 1.165) is 11.1 Å². The number of carbonyl (C=O) groups excluding carboxylic acids is 1. The van der Waals surface area contributed by atoms with Crippen molar-refractivity contribution < 1.29 is 23.9 Å². The number of amides is 1. The largest absolute Gasteiger partial charge is 0.493 e. The number of carbonyl (C=O) groups is 1. The fraction of sp³-hybridized carbons (Fsp3) is 0.136. The fourth-order valence-electron chi connectivity index (χ4n) is 3.00. The molecule has 154 valence electrons. The van der Waals surface area contributed by atoms with E-state index in [9.17, 15) is 14.9 Å². The summed E-state index contributed by atoms with van der Waals surface area (Å²) in [7, 11) is 4.43. The van der Waals surface area contributed by atoms with Crippen LogP contribution < -0.4 is 19.5 Å². The van der Waals surface area contributed by atoms with Crippen molar-refractivity contribution in [2.75, 3.05) is 26.6 Å². The lowest BCUT2D eigenvalue weighted by Gasteiger charge is -2.15. The van der Waals surface area contributed by atoms with Crippen molar-refractivity contribution in [3.8, 4) is 28.4 Å². The lowest BCUT2D eigenvalue weighted by molar-refractivity contribution is -0.384. The second-order valence-corrected chi connectivity index (χ2v) is 6.22. The molecule has 0 heterocycles. The highest BCUT2D eigenvalue weighted by Gasteiger charge is 2.20. The van der Waals surface area contributed by atoms with Gasteiger partial charge in [-0.1, -0.05) is 12.1 Å². The van der Waals surface area contributed by atoms with Gasteiger partial charge < -0.3 is 19.5 Å². The van der Waals surface area contributed by atoms with E-state index in [4.69, 9.17) is 14.2 Å². The lowest BCUT2D eigenvalue weighted by atomic mass is 10.0. The van der Waals surface area contributed by atoms with Gasteiger partial charge in [0.2, 0.25) is 5.75 Å². The molecule has 0 unspecified atom stereocenters. The smallest absolute Gasteiger partial charge is 0.269 e. The molecule has 0 aromatic heterocycles. The number of nitrogens with one attached hydrogen (secondary N) is 1. The normalized spacial score (nSPS) is 10.2. The maximum Gasteiger partial charge on any atom is 0.269 e. The predicted molar refractivity (Wildman–Crippen MR) is 113 cm³/mol. The van der Waals surface area contributed by atoms with Crippen LogP contribution in [0.1, 0.15) is 10.4 Å². The molecule has 3 rings (SSSR count). The number of rotatable bonds is 7. The van der Waals surface area contributed by atoms with Crippen molar-refractivity contribution in [1.29, 1.82) is 0 Å². The molecule has 0 fully saturated rings. The number of nitrogens with zero attached hydrogens (tertiary/aromatic N) is 1. The average molecular weight is 408 g/mol. The molecule has 0 saturated heterocycles. The minimum atomic E-state index is -0.440. The van der Waals surface area contributed by atoms with Gasteiger partial charge >= 0.3 is 0 Å². The summed E-state index contributed by atoms with van der Waals surface area (Å²) in [4.78, 5) is 23.1. The third kappa shape index (κ3) is 4.17. The van der Waals surface area contributed by atoms with Crippen LogP contribution in [0.15, 0.2) is 60.7 Å². The first-order chi connectivity index (χ1) is 14.5. The van der Waals surface area contributed by atoms with E-state index >= 15 is 0 Å². The highest BCUT2D eigenvalue weighted by atomic mass is 16.6. The Balaban J connectivity index is 1.80. The van der Waals surface area contributed by atoms with E-state index in [0.29, 0.717) is 22.7 Å². The standard InChI is InChI=1S/C22H20N2O6/c1-28-19-13-12-18(20(29-2)21(19)30-3)22(25)23-16-8-4-14(5-9-16)15-6-10-17(11-7-15)24(26)27/h4-13H,1-3H3,(H,23,25). The van der Waals surface area contributed by atoms with Crippen LogP contribution in [0, 0.1) is 10.1 Å². The van der Waals surface area contributed by atoms with Crippen LogP contribution in [0.3, 0.4) is 0 Å². The minimum Gasteiger partial charge on any atom is -0.493 e. The summed E-state index contributed by atoms with van der Waals surface area (Å²) >= 11 is 0. The Bertz CT molecular complexity index is 1060. The predicted octanol–water partition coefficient (Wildman–Crippen LogP) is 4.54. The topological polar surface area (TPSA) is 99.9 Å². The first-order valence-corrected chi connectivity index (χ1v) is 8.93. The molecule has 0 bridgehead atoms. The Hall–Kier alpha value is -4.07. The number of benzene rings is 3. The van der Waals surface area contributed by atoms with Crippen molar-refractivity contribution in [3.63, 3.8) is 0 Å². The van der Waals surface area contributed by atoms with Crippen molar-refractivity contribution in [2.45, 2.75) is 0 Å². The Morgan fingerprint density at radius 3 is 1.87 bits per heavy atom. The van der Waals surface area contributed by atoms with Crippen LogP contribution in [0.5, 0.6) is 17.2 Å². The molecule has 1 amide bonds. The molecule has 0 saturated carbocycles. The number of non-ortho nitro benzene ring substituents is 1. The Kier molecular flexibility index (Phi) is 6.17. The Labute approximate surface area is 173 Å². The lowest BCUT2D eigenvalue weighted by Crippen LogP contribution is -2.14. The maximum absolute atomic E-state index is 12.8. The summed E-state index contributed by atoms with van der Waals surface area (Å²) in [6.45, 7) is 0. The molecule has 3 aromatic carbocycles. The SMILES string of the molecule is COc1ccc(C(=O)Nc2ccc(-c3ccc([N+](=O)[O-])cc3)cc2)c(OC)c1OC. The van der Waals surface area contributed by atoms with Gasteiger partial charge in [0.1, 0.15) is 0 Å². The first-order valence-electron chi connectivity index (χ1n) is 8.93. The quantitative estimate of drug-likeness (QED) is 0.455. The zero-order chi connectivity index (χ0) is 21.7. The number of hydrogen-bond donors (Lipinski definition) is 1. The molecule has 8 nitrogen and oxygen atoms in total. The molecule has 8 heteroatoms. The number of ether oxygens (including phenoxy) is 3. The zero-order valence-corrected chi connectivity index (χ0v) is 16.7. The van der Waals surface area contributed by atoms with E-state index in [-0.39, 0.29) is 17.3 Å². The maximum atomic E-state index is 12.8. The van der Waals surface area contributed by atoms with Crippen LogP contribution >= 0.6 is 0 Å². The van der Waals surface area contributed by atoms with E-state index in [2.05, 4.69) is 5.32 Å². The molecule has 0 aliphatic carbocycles. The van der Waals surface area contributed by atoms with Gasteiger partial charge in [0, 0.05) is 17.8 Å². The number of hydrogen-bond acceptors (Lipinski definition) is 6. The molecule has 0 radical (unpaired) electrons. The van der Waals surface area contributed by atoms with Gasteiger partial charge in [-0.2, -0.15) is 0 Å². The van der Waals surface area contributed by atoms with Crippen LogP contribution in [0.4, 0.5) is 11.4 Å². The summed E-state index contributed by atoms with van der Waals surface area (Å²) in [6, 6.07) is 16.6. The van der Waals surface area contributed by atoms with E-state index < -0.39 is 4.92 Å². The Morgan fingerprint density at radius 1 is 0.800 bits per heavy atom. The van der Waals surface area contributed by atoms with Crippen LogP contribution in [-0.2, 0) is 0 Å². The Morgan fingerprint density at radius 2 is 1.37 bits per heavy atom. The minimum absolute atomic E-state index is 0.0338. The molecule has 0 atom stereocenters. The first kappa shape index (κ1) is 20.7. The van der Waals surface area contributed by atoms with Gasteiger partial charge in [-0.05, 0) is 47.5 Å². The molecular weight excluding hydrogens is 388 g/mol. The van der Waals surface area contributed by atoms with Crippen LogP contribution in [0.25, 0.3) is 11.1 Å². The molecular formula is C22H20N2O6. The second kappa shape index (κ2) is 8.95. The fourth-order valence-corrected chi connectivity index (χ4v) is 3.00. The molecule has 0 spiro atoms. The third-order valence-electron chi connectivity index (χ3n) is 4.50. The average Bonchev–Trinajstić information content (AvgIpc) is 2.78. The molecule has 3 aromatic rings. The van der Waals surface area contributed by atoms with Gasteiger partial charge in [0.25, 0.3) is 11.6 Å². The summed E-state index contributed by atoms with van der Waals surface area (Å²) in [5, 5.41) is 13.6. The molecule has 1 N–H and O–H groups in total. The summed E-state index contributed by atoms with van der Waals surface area (Å²) in [6.07, 6.45) is 0. The zero-order valence-electron chi connectivity index (χ0n) is 16.7. The van der Waals surface area contributed by atoms with Crippen molar-refractivity contribution >= 4 is 17.3 Å². The van der Waals surface area contributed by atoms with Crippen LogP contribution in [0.2, 0.25) is 0 Å². The van der Waals surface area contributed by atoms with Crippen molar-refractivity contribution in [1.82, 2.24) is 0 Å². The molecule has 30 heavy (non-hydrogen) atoms. The number of nitro benzene ring substituents is 1. The van der Waals surface area contributed by atoms with Gasteiger partial charge in [-0.25, -0.2) is 0 Å². The van der Waals surface area contributed by atoms with E-state index in [1.165, 1.54) is 33.5 Å². The van der Waals surface area contributed by atoms with E-state index in [1.807, 2.05) is 12.1 Å². The summed E-state index contributed by atoms with van der Waals surface area (Å²) in [5.41, 5.74) is 2.62. The van der Waals surface area contributed by atoms with Crippen molar-refractivity contribution in [3.05, 3.63) is 76.3 Å². The van der Waals surface area contributed by atoms with Gasteiger partial charge in [0.15, 0.2) is 11.5 Å². The summed E-state index contributed by atoms with van der Waals surface area (Å²) in [5.74, 6) is 0.701. The van der Waals surface area contributed by atoms with Gasteiger partial charge in [-0.3, -0.25) is 14.9 Å². The monoisotopic (exact) mass is 408 g/mol. The molecule has 0 aliphatic heterocycles. The molecule has 0 aliphatic rings. The van der Waals surface area contributed by atoms with Crippen molar-refractivity contribution in [2.24, 2.45) is 0 Å². The third-order valence-corrected chi connectivity index (χ3v) is 4.50. The summed E-state index contributed by atoms with van der Waals surface area (Å²) < 4.78 is 15.9. The number of anilines is 1. The second-order valence-electron chi connectivity index (χ2n) is 6.22. The highest BCUT2D eigenvalue weighted by Crippen LogP contribution is 2.40. The van der Waals surface area contributed by atoms with E-state index in [1.54, 1.807) is 36.4 Å².